The molecule has 0 fully saturated rings. The van der Waals surface area contributed by atoms with Gasteiger partial charge >= 0.3 is 6.03 Å². The van der Waals surface area contributed by atoms with Crippen molar-refractivity contribution in [2.45, 2.75) is 53.6 Å². The Labute approximate surface area is 160 Å². The smallest absolute Gasteiger partial charge is 0.319 e. The molecule has 0 unspecified atom stereocenters. The summed E-state index contributed by atoms with van der Waals surface area (Å²) in [6.45, 7) is 11.6. The molecule has 2 aromatic rings. The van der Waals surface area contributed by atoms with Crippen LogP contribution >= 0.6 is 0 Å². The van der Waals surface area contributed by atoms with Crippen molar-refractivity contribution in [2.75, 3.05) is 5.32 Å². The topological polar surface area (TPSA) is 96.0 Å². The van der Waals surface area contributed by atoms with Crippen LogP contribution in [0.15, 0.2) is 24.3 Å². The van der Waals surface area contributed by atoms with E-state index in [0.717, 1.165) is 11.4 Å². The molecule has 7 heteroatoms. The van der Waals surface area contributed by atoms with Gasteiger partial charge in [0.05, 0.1) is 6.54 Å². The van der Waals surface area contributed by atoms with Crippen molar-refractivity contribution < 1.29 is 9.59 Å². The summed E-state index contributed by atoms with van der Waals surface area (Å²) in [5.41, 5.74) is 3.19. The van der Waals surface area contributed by atoms with Gasteiger partial charge in [0.1, 0.15) is 5.82 Å². The number of carbonyl (C=O) groups is 2. The Morgan fingerprint density at radius 1 is 1.04 bits per heavy atom. The molecule has 1 aromatic carbocycles. The Kier molecular flexibility index (Phi) is 6.15. The zero-order chi connectivity index (χ0) is 20.2. The molecule has 3 N–H and O–H groups in total. The van der Waals surface area contributed by atoms with Gasteiger partial charge in [-0.1, -0.05) is 6.07 Å². The van der Waals surface area contributed by atoms with Crippen LogP contribution in [0.1, 0.15) is 53.9 Å². The third-order valence-corrected chi connectivity index (χ3v) is 3.75. The van der Waals surface area contributed by atoms with Gasteiger partial charge < -0.3 is 16.0 Å². The van der Waals surface area contributed by atoms with E-state index in [1.54, 1.807) is 25.1 Å². The van der Waals surface area contributed by atoms with Crippen molar-refractivity contribution in [2.24, 2.45) is 0 Å². The highest BCUT2D eigenvalue weighted by Crippen LogP contribution is 2.19. The van der Waals surface area contributed by atoms with Crippen LogP contribution in [0, 0.1) is 20.8 Å². The maximum atomic E-state index is 12.4. The normalized spacial score (nSPS) is 11.0. The number of amides is 3. The number of rotatable bonds is 4. The Morgan fingerprint density at radius 3 is 2.26 bits per heavy atom. The third-order valence-electron chi connectivity index (χ3n) is 3.75. The minimum Gasteiger partial charge on any atom is -0.347 e. The third kappa shape index (κ3) is 6.06. The average molecular weight is 369 g/mol. The molecule has 3 amide bonds. The standard InChI is InChI=1S/C20H27N5O2/c1-12-10-13(2)23-17(22-12)11-21-19(27)24-16-9-7-8-15(14(16)3)18(26)25-20(4,5)6/h7-10H,11H2,1-6H3,(H,25,26)(H2,21,24,27). The van der Waals surface area contributed by atoms with E-state index in [1.807, 2.05) is 40.7 Å². The molecule has 144 valence electrons. The molecule has 0 bridgehead atoms. The van der Waals surface area contributed by atoms with E-state index in [4.69, 9.17) is 0 Å². The second kappa shape index (κ2) is 8.16. The van der Waals surface area contributed by atoms with Crippen molar-refractivity contribution in [3.63, 3.8) is 0 Å². The lowest BCUT2D eigenvalue weighted by Crippen LogP contribution is -2.41. The van der Waals surface area contributed by atoms with Crippen LogP contribution in [0.25, 0.3) is 0 Å². The highest BCUT2D eigenvalue weighted by Gasteiger charge is 2.18. The molecule has 1 heterocycles. The van der Waals surface area contributed by atoms with E-state index < -0.39 is 0 Å². The largest absolute Gasteiger partial charge is 0.347 e. The Hall–Kier alpha value is -2.96. The predicted octanol–water partition coefficient (Wildman–Crippen LogP) is 3.25. The van der Waals surface area contributed by atoms with E-state index >= 15 is 0 Å². The van der Waals surface area contributed by atoms with Crippen molar-refractivity contribution >= 4 is 17.6 Å². The van der Waals surface area contributed by atoms with Crippen molar-refractivity contribution in [3.05, 3.63) is 52.6 Å². The van der Waals surface area contributed by atoms with Gasteiger partial charge in [-0.15, -0.1) is 0 Å². The first-order valence-corrected chi connectivity index (χ1v) is 8.83. The van der Waals surface area contributed by atoms with E-state index in [1.165, 1.54) is 0 Å². The van der Waals surface area contributed by atoms with E-state index in [9.17, 15) is 9.59 Å². The zero-order valence-corrected chi connectivity index (χ0v) is 16.7. The number of benzene rings is 1. The number of carbonyl (C=O) groups excluding carboxylic acids is 2. The van der Waals surface area contributed by atoms with Gasteiger partial charge in [0.15, 0.2) is 0 Å². The Bertz CT molecular complexity index is 836. The number of anilines is 1. The van der Waals surface area contributed by atoms with Crippen molar-refractivity contribution in [3.8, 4) is 0 Å². The van der Waals surface area contributed by atoms with Crippen LogP contribution in [-0.2, 0) is 6.54 Å². The summed E-state index contributed by atoms with van der Waals surface area (Å²) >= 11 is 0. The molecule has 0 aliphatic rings. The number of urea groups is 1. The molecular weight excluding hydrogens is 342 g/mol. The van der Waals surface area contributed by atoms with Gasteiger partial charge in [0.2, 0.25) is 0 Å². The highest BCUT2D eigenvalue weighted by atomic mass is 16.2. The lowest BCUT2D eigenvalue weighted by Gasteiger charge is -2.21. The van der Waals surface area contributed by atoms with Crippen LogP contribution in [-0.4, -0.2) is 27.4 Å². The second-order valence-electron chi connectivity index (χ2n) is 7.56. The average Bonchev–Trinajstić information content (AvgIpc) is 2.52. The van der Waals surface area contributed by atoms with Gasteiger partial charge in [-0.3, -0.25) is 4.79 Å². The second-order valence-corrected chi connectivity index (χ2v) is 7.56. The molecule has 7 nitrogen and oxygen atoms in total. The Balaban J connectivity index is 2.05. The summed E-state index contributed by atoms with van der Waals surface area (Å²) in [6, 6.07) is 6.74. The summed E-state index contributed by atoms with van der Waals surface area (Å²) in [7, 11) is 0. The first-order valence-electron chi connectivity index (χ1n) is 8.83. The fraction of sp³-hybridized carbons (Fsp3) is 0.400. The summed E-state index contributed by atoms with van der Waals surface area (Å²) in [5, 5.41) is 8.45. The minimum atomic E-state index is -0.380. The van der Waals surface area contributed by atoms with Crippen LogP contribution in [0.5, 0.6) is 0 Å². The summed E-state index contributed by atoms with van der Waals surface area (Å²) < 4.78 is 0. The maximum absolute atomic E-state index is 12.4. The van der Waals surface area contributed by atoms with Crippen molar-refractivity contribution in [1.82, 2.24) is 20.6 Å². The first-order chi connectivity index (χ1) is 12.5. The van der Waals surface area contributed by atoms with Crippen LogP contribution in [0.3, 0.4) is 0 Å². The van der Waals surface area contributed by atoms with Crippen molar-refractivity contribution in [1.29, 1.82) is 0 Å². The first kappa shape index (κ1) is 20.4. The summed E-state index contributed by atoms with van der Waals surface area (Å²) in [5.74, 6) is 0.380. The predicted molar refractivity (Wildman–Crippen MR) is 106 cm³/mol. The van der Waals surface area contributed by atoms with Gasteiger partial charge in [0, 0.05) is 28.2 Å². The molecular formula is C20H27N5O2. The Morgan fingerprint density at radius 2 is 1.67 bits per heavy atom. The summed E-state index contributed by atoms with van der Waals surface area (Å²) in [6.07, 6.45) is 0. The monoisotopic (exact) mass is 369 g/mol. The van der Waals surface area contributed by atoms with E-state index in [2.05, 4.69) is 25.9 Å². The SMILES string of the molecule is Cc1cc(C)nc(CNC(=O)Nc2cccc(C(=O)NC(C)(C)C)c2C)n1. The highest BCUT2D eigenvalue weighted by molar-refractivity contribution is 5.99. The molecule has 0 radical (unpaired) electrons. The molecule has 0 atom stereocenters. The molecule has 0 aliphatic heterocycles. The number of nitrogens with zero attached hydrogens (tertiary/aromatic N) is 2. The molecule has 0 aliphatic carbocycles. The molecule has 0 saturated heterocycles. The molecule has 0 saturated carbocycles. The van der Waals surface area contributed by atoms with Gasteiger partial charge in [0.25, 0.3) is 5.91 Å². The number of hydrogen-bond donors (Lipinski definition) is 3. The van der Waals surface area contributed by atoms with Crippen LogP contribution in [0.2, 0.25) is 0 Å². The summed E-state index contributed by atoms with van der Waals surface area (Å²) in [4.78, 5) is 33.3. The number of hydrogen-bond acceptors (Lipinski definition) is 4. The fourth-order valence-corrected chi connectivity index (χ4v) is 2.63. The van der Waals surface area contributed by atoms with Gasteiger partial charge in [-0.25, -0.2) is 14.8 Å². The molecule has 2 rings (SSSR count). The fourth-order valence-electron chi connectivity index (χ4n) is 2.63. The van der Waals surface area contributed by atoms with Gasteiger partial charge in [-0.2, -0.15) is 0 Å². The molecule has 27 heavy (non-hydrogen) atoms. The quantitative estimate of drug-likeness (QED) is 0.771. The van der Waals surface area contributed by atoms with E-state index in [0.29, 0.717) is 22.6 Å². The number of aryl methyl sites for hydroxylation is 2. The van der Waals surface area contributed by atoms with Crippen LogP contribution in [0.4, 0.5) is 10.5 Å². The zero-order valence-electron chi connectivity index (χ0n) is 16.7. The number of aromatic nitrogens is 2. The lowest BCUT2D eigenvalue weighted by atomic mass is 10.0. The molecule has 1 aromatic heterocycles. The lowest BCUT2D eigenvalue weighted by molar-refractivity contribution is 0.0919. The van der Waals surface area contributed by atoms with Gasteiger partial charge in [-0.05, 0) is 65.3 Å². The molecule has 0 spiro atoms. The minimum absolute atomic E-state index is 0.173. The number of nitrogens with one attached hydrogen (secondary N) is 3. The maximum Gasteiger partial charge on any atom is 0.319 e. The van der Waals surface area contributed by atoms with Crippen LogP contribution < -0.4 is 16.0 Å². The van der Waals surface area contributed by atoms with E-state index in [-0.39, 0.29) is 24.0 Å².